The van der Waals surface area contributed by atoms with E-state index in [0.717, 1.165) is 60.7 Å². The Morgan fingerprint density at radius 1 is 1.02 bits per heavy atom. The number of hydrogen-bond donors (Lipinski definition) is 2. The van der Waals surface area contributed by atoms with Crippen molar-refractivity contribution in [3.05, 3.63) is 65.1 Å². The van der Waals surface area contributed by atoms with Gasteiger partial charge in [-0.3, -0.25) is 14.3 Å². The Morgan fingerprint density at radius 3 is 2.46 bits per heavy atom. The number of rotatable bonds is 7. The Kier molecular flexibility index (Phi) is 8.23. The van der Waals surface area contributed by atoms with E-state index in [1.165, 1.54) is 4.90 Å². The van der Waals surface area contributed by atoms with Crippen molar-refractivity contribution in [1.29, 1.82) is 0 Å². The van der Waals surface area contributed by atoms with Crippen LogP contribution in [0.15, 0.2) is 42.6 Å². The van der Waals surface area contributed by atoms with Crippen LogP contribution in [-0.4, -0.2) is 64.7 Å². The zero-order valence-electron chi connectivity index (χ0n) is 24.2. The minimum absolute atomic E-state index is 0.126. The summed E-state index contributed by atoms with van der Waals surface area (Å²) in [7, 11) is 3.37. The highest BCUT2D eigenvalue weighted by atomic mass is 16.2. The molecule has 0 spiro atoms. The Bertz CT molecular complexity index is 1410. The van der Waals surface area contributed by atoms with E-state index in [2.05, 4.69) is 34.4 Å². The van der Waals surface area contributed by atoms with Gasteiger partial charge in [0.25, 0.3) is 5.91 Å². The maximum atomic E-state index is 13.4. The molecule has 2 N–H and O–H groups in total. The molecule has 11 heteroatoms. The van der Waals surface area contributed by atoms with E-state index in [-0.39, 0.29) is 23.9 Å². The zero-order chi connectivity index (χ0) is 29.1. The minimum Gasteiger partial charge on any atom is -0.352 e. The summed E-state index contributed by atoms with van der Waals surface area (Å²) in [5.41, 5.74) is 4.87. The monoisotopic (exact) mass is 558 g/mol. The van der Waals surface area contributed by atoms with Gasteiger partial charge in [-0.05, 0) is 56.5 Å². The van der Waals surface area contributed by atoms with Crippen LogP contribution in [0.25, 0.3) is 0 Å². The van der Waals surface area contributed by atoms with Crippen molar-refractivity contribution in [3.8, 4) is 0 Å². The number of urea groups is 1. The topological polar surface area (TPSA) is 116 Å². The van der Waals surface area contributed by atoms with Gasteiger partial charge in [0, 0.05) is 76.1 Å². The molecule has 0 aliphatic carbocycles. The number of fused-ring (bicyclic) bond motifs is 1. The molecule has 0 bridgehead atoms. The summed E-state index contributed by atoms with van der Waals surface area (Å²) < 4.78 is 1.96. The molecule has 41 heavy (non-hydrogen) atoms. The highest BCUT2D eigenvalue weighted by Gasteiger charge is 2.30. The van der Waals surface area contributed by atoms with Crippen molar-refractivity contribution in [1.82, 2.24) is 25.0 Å². The third kappa shape index (κ3) is 6.18. The molecule has 2 aromatic heterocycles. The lowest BCUT2D eigenvalue weighted by atomic mass is 10.0. The van der Waals surface area contributed by atoms with E-state index in [9.17, 15) is 14.4 Å². The maximum absolute atomic E-state index is 13.4. The van der Waals surface area contributed by atoms with Crippen LogP contribution in [0.5, 0.6) is 0 Å². The second kappa shape index (κ2) is 12.0. The normalized spacial score (nSPS) is 15.1. The molecule has 2 aliphatic rings. The molecule has 1 fully saturated rings. The number of piperidine rings is 1. The summed E-state index contributed by atoms with van der Waals surface area (Å²) >= 11 is 0. The molecule has 1 aromatic carbocycles. The summed E-state index contributed by atoms with van der Waals surface area (Å²) in [6, 6.07) is 11.2. The van der Waals surface area contributed by atoms with Gasteiger partial charge in [0.1, 0.15) is 5.82 Å². The number of aromatic nitrogens is 3. The fourth-order valence-electron chi connectivity index (χ4n) is 5.26. The number of anilines is 3. The lowest BCUT2D eigenvalue weighted by molar-refractivity contribution is -0.119. The van der Waals surface area contributed by atoms with Crippen LogP contribution in [-0.2, 0) is 24.3 Å². The van der Waals surface area contributed by atoms with Crippen LogP contribution in [0, 0.1) is 0 Å². The van der Waals surface area contributed by atoms with Gasteiger partial charge in [-0.15, -0.1) is 0 Å². The SMILES string of the molecule is CC(C)n1nc(C(=O)NCc2ccc(NC(=O)N(C)C)cc2)c2c1CCN(c1ccc(N3CCCCC3=O)cn1)C2. The van der Waals surface area contributed by atoms with Crippen LogP contribution in [0.3, 0.4) is 0 Å². The minimum atomic E-state index is -0.223. The Labute approximate surface area is 240 Å². The first-order chi connectivity index (χ1) is 19.7. The molecule has 216 valence electrons. The highest BCUT2D eigenvalue weighted by molar-refractivity contribution is 5.95. The molecule has 0 radical (unpaired) electrons. The largest absolute Gasteiger partial charge is 0.352 e. The Hall–Kier alpha value is -4.41. The molecule has 3 aromatic rings. The molecule has 4 heterocycles. The van der Waals surface area contributed by atoms with Gasteiger partial charge in [-0.2, -0.15) is 5.10 Å². The van der Waals surface area contributed by atoms with Crippen molar-refractivity contribution in [3.63, 3.8) is 0 Å². The van der Waals surface area contributed by atoms with Crippen LogP contribution in [0.4, 0.5) is 22.0 Å². The number of carbonyl (C=O) groups excluding carboxylic acids is 3. The summed E-state index contributed by atoms with van der Waals surface area (Å²) in [4.78, 5) is 47.7. The Morgan fingerprint density at radius 2 is 1.80 bits per heavy atom. The van der Waals surface area contributed by atoms with Crippen LogP contribution in [0.2, 0.25) is 0 Å². The number of carbonyl (C=O) groups is 3. The van der Waals surface area contributed by atoms with E-state index in [4.69, 9.17) is 5.10 Å². The van der Waals surface area contributed by atoms with Gasteiger partial charge < -0.3 is 25.3 Å². The smallest absolute Gasteiger partial charge is 0.321 e. The Balaban J connectivity index is 1.28. The summed E-state index contributed by atoms with van der Waals surface area (Å²) in [6.07, 6.45) is 5.06. The molecule has 11 nitrogen and oxygen atoms in total. The lowest BCUT2D eigenvalue weighted by Gasteiger charge is -2.30. The van der Waals surface area contributed by atoms with Gasteiger partial charge in [-0.1, -0.05) is 12.1 Å². The van der Waals surface area contributed by atoms with Gasteiger partial charge >= 0.3 is 6.03 Å². The van der Waals surface area contributed by atoms with Crippen LogP contribution >= 0.6 is 0 Å². The van der Waals surface area contributed by atoms with E-state index in [1.54, 1.807) is 20.3 Å². The maximum Gasteiger partial charge on any atom is 0.321 e. The summed E-state index contributed by atoms with van der Waals surface area (Å²) in [5.74, 6) is 0.741. The van der Waals surface area contributed by atoms with E-state index >= 15 is 0 Å². The number of benzene rings is 1. The van der Waals surface area contributed by atoms with Gasteiger partial charge in [0.2, 0.25) is 5.91 Å². The first-order valence-electron chi connectivity index (χ1n) is 14.2. The van der Waals surface area contributed by atoms with Gasteiger partial charge in [-0.25, -0.2) is 9.78 Å². The van der Waals surface area contributed by atoms with Crippen molar-refractivity contribution in [2.45, 2.75) is 58.7 Å². The first kappa shape index (κ1) is 28.1. The van der Waals surface area contributed by atoms with Crippen molar-refractivity contribution >= 4 is 35.0 Å². The molecule has 2 aliphatic heterocycles. The first-order valence-corrected chi connectivity index (χ1v) is 14.2. The fourth-order valence-corrected chi connectivity index (χ4v) is 5.26. The third-order valence-electron chi connectivity index (χ3n) is 7.55. The summed E-state index contributed by atoms with van der Waals surface area (Å²) in [6.45, 7) is 6.50. The number of nitrogens with zero attached hydrogens (tertiary/aromatic N) is 6. The van der Waals surface area contributed by atoms with Crippen molar-refractivity contribution in [2.24, 2.45) is 0 Å². The van der Waals surface area contributed by atoms with Gasteiger partial charge in [0.15, 0.2) is 5.69 Å². The lowest BCUT2D eigenvalue weighted by Crippen LogP contribution is -2.35. The van der Waals surface area contributed by atoms with Gasteiger partial charge in [0.05, 0.1) is 11.9 Å². The van der Waals surface area contributed by atoms with E-state index < -0.39 is 0 Å². The quantitative estimate of drug-likeness (QED) is 0.454. The molecule has 5 rings (SSSR count). The molecular weight excluding hydrogens is 520 g/mol. The second-order valence-electron chi connectivity index (χ2n) is 11.1. The fraction of sp³-hybridized carbons (Fsp3) is 0.433. The average Bonchev–Trinajstić information content (AvgIpc) is 3.36. The highest BCUT2D eigenvalue weighted by Crippen LogP contribution is 2.29. The third-order valence-corrected chi connectivity index (χ3v) is 7.55. The van der Waals surface area contributed by atoms with Crippen LogP contribution in [0.1, 0.15) is 66.5 Å². The van der Waals surface area contributed by atoms with E-state index in [1.807, 2.05) is 46.0 Å². The molecule has 1 saturated heterocycles. The molecule has 0 unspecified atom stereocenters. The molecule has 0 atom stereocenters. The molecule has 0 saturated carbocycles. The predicted octanol–water partition coefficient (Wildman–Crippen LogP) is 3.96. The van der Waals surface area contributed by atoms with Crippen LogP contribution < -0.4 is 20.4 Å². The zero-order valence-corrected chi connectivity index (χ0v) is 24.2. The number of amides is 4. The second-order valence-corrected chi connectivity index (χ2v) is 11.1. The standard InChI is InChI=1S/C30H38N8O3/c1-20(2)38-25-14-16-36(26-13-12-23(18-31-26)37-15-6-5-7-27(37)39)19-24(25)28(34-38)29(40)32-17-21-8-10-22(11-9-21)33-30(41)35(3)4/h8-13,18,20H,5-7,14-17,19H2,1-4H3,(H,32,40)(H,33,41). The van der Waals surface area contributed by atoms with Crippen molar-refractivity contribution < 1.29 is 14.4 Å². The number of pyridine rings is 1. The van der Waals surface area contributed by atoms with Crippen molar-refractivity contribution in [2.75, 3.05) is 42.3 Å². The molecular formula is C30H38N8O3. The average molecular weight is 559 g/mol. The van der Waals surface area contributed by atoms with E-state index in [0.29, 0.717) is 30.9 Å². The summed E-state index contributed by atoms with van der Waals surface area (Å²) in [5, 5.41) is 10.6. The molecule has 4 amide bonds. The predicted molar refractivity (Wildman–Crippen MR) is 158 cm³/mol. The number of hydrogen-bond acceptors (Lipinski definition) is 6. The number of nitrogens with one attached hydrogen (secondary N) is 2.